The third-order valence-electron chi connectivity index (χ3n) is 2.26. The fourth-order valence-corrected chi connectivity index (χ4v) is 1.33. The van der Waals surface area contributed by atoms with E-state index in [0.29, 0.717) is 12.5 Å². The molecule has 1 aliphatic heterocycles. The fourth-order valence-electron chi connectivity index (χ4n) is 1.33. The normalized spacial score (nSPS) is 24.8. The van der Waals surface area contributed by atoms with Gasteiger partial charge in [-0.1, -0.05) is 26.7 Å². The van der Waals surface area contributed by atoms with Crippen molar-refractivity contribution in [3.63, 3.8) is 0 Å². The highest BCUT2D eigenvalue weighted by Gasteiger charge is 2.29. The maximum Gasteiger partial charge on any atom is 0.508 e. The molecule has 1 heterocycles. The Hall–Kier alpha value is -0.730. The van der Waals surface area contributed by atoms with Crippen molar-refractivity contribution in [2.45, 2.75) is 39.2 Å². The van der Waals surface area contributed by atoms with Crippen molar-refractivity contribution in [3.8, 4) is 0 Å². The van der Waals surface area contributed by atoms with E-state index in [-0.39, 0.29) is 6.10 Å². The largest absolute Gasteiger partial charge is 0.508 e. The van der Waals surface area contributed by atoms with E-state index in [4.69, 9.17) is 9.47 Å². The smallest absolute Gasteiger partial charge is 0.430 e. The SMILES string of the molecule is CCCCC(C)C1COC(=O)O1. The minimum Gasteiger partial charge on any atom is -0.430 e. The van der Waals surface area contributed by atoms with Gasteiger partial charge in [0, 0.05) is 0 Å². The molecule has 0 N–H and O–H groups in total. The zero-order chi connectivity index (χ0) is 8.97. The van der Waals surface area contributed by atoms with E-state index in [1.165, 1.54) is 12.8 Å². The molecule has 0 radical (unpaired) electrons. The number of hydrogen-bond acceptors (Lipinski definition) is 3. The number of unbranched alkanes of at least 4 members (excludes halogenated alkanes) is 1. The summed E-state index contributed by atoms with van der Waals surface area (Å²) in [6.07, 6.45) is 2.96. The highest BCUT2D eigenvalue weighted by molar-refractivity contribution is 5.61. The van der Waals surface area contributed by atoms with E-state index < -0.39 is 6.16 Å². The molecule has 2 unspecified atom stereocenters. The van der Waals surface area contributed by atoms with E-state index in [1.807, 2.05) is 0 Å². The van der Waals surface area contributed by atoms with Gasteiger partial charge in [-0.25, -0.2) is 4.79 Å². The van der Waals surface area contributed by atoms with Crippen LogP contribution in [0.2, 0.25) is 0 Å². The molecular formula is C9H16O3. The molecule has 0 saturated carbocycles. The molecule has 12 heavy (non-hydrogen) atoms. The lowest BCUT2D eigenvalue weighted by molar-refractivity contribution is 0.0991. The first-order chi connectivity index (χ1) is 5.74. The summed E-state index contributed by atoms with van der Waals surface area (Å²) < 4.78 is 9.66. The van der Waals surface area contributed by atoms with E-state index >= 15 is 0 Å². The van der Waals surface area contributed by atoms with E-state index in [0.717, 1.165) is 6.42 Å². The summed E-state index contributed by atoms with van der Waals surface area (Å²) in [6.45, 7) is 4.69. The van der Waals surface area contributed by atoms with Crippen LogP contribution in [0.1, 0.15) is 33.1 Å². The number of ether oxygens (including phenoxy) is 2. The van der Waals surface area contributed by atoms with Gasteiger partial charge in [0.25, 0.3) is 0 Å². The van der Waals surface area contributed by atoms with Crippen LogP contribution in [0.25, 0.3) is 0 Å². The van der Waals surface area contributed by atoms with Gasteiger partial charge in [-0.3, -0.25) is 0 Å². The minimum absolute atomic E-state index is 0.0101. The summed E-state index contributed by atoms with van der Waals surface area (Å²) in [7, 11) is 0. The molecule has 0 aromatic rings. The molecule has 3 heteroatoms. The fraction of sp³-hybridized carbons (Fsp3) is 0.889. The lowest BCUT2D eigenvalue weighted by Crippen LogP contribution is -2.20. The second kappa shape index (κ2) is 4.33. The van der Waals surface area contributed by atoms with Crippen LogP contribution in [0.15, 0.2) is 0 Å². The van der Waals surface area contributed by atoms with E-state index in [2.05, 4.69) is 13.8 Å². The van der Waals surface area contributed by atoms with Crippen LogP contribution in [0.4, 0.5) is 4.79 Å². The Morgan fingerprint density at radius 2 is 2.42 bits per heavy atom. The van der Waals surface area contributed by atoms with Crippen LogP contribution in [0, 0.1) is 5.92 Å². The molecule has 1 saturated heterocycles. The molecule has 2 atom stereocenters. The summed E-state index contributed by atoms with van der Waals surface area (Å²) in [4.78, 5) is 10.6. The number of carbonyl (C=O) groups excluding carboxylic acids is 1. The van der Waals surface area contributed by atoms with Gasteiger partial charge in [0.05, 0.1) is 0 Å². The number of carbonyl (C=O) groups is 1. The van der Waals surface area contributed by atoms with E-state index in [1.54, 1.807) is 0 Å². The maximum atomic E-state index is 10.6. The van der Waals surface area contributed by atoms with Gasteiger partial charge in [-0.2, -0.15) is 0 Å². The van der Waals surface area contributed by atoms with Gasteiger partial charge >= 0.3 is 6.16 Å². The number of rotatable bonds is 4. The van der Waals surface area contributed by atoms with Crippen molar-refractivity contribution in [3.05, 3.63) is 0 Å². The molecule has 0 bridgehead atoms. The van der Waals surface area contributed by atoms with Gasteiger partial charge in [0.1, 0.15) is 12.7 Å². The molecule has 0 aliphatic carbocycles. The third-order valence-corrected chi connectivity index (χ3v) is 2.26. The second-order valence-electron chi connectivity index (χ2n) is 3.34. The number of hydrogen-bond donors (Lipinski definition) is 0. The maximum absolute atomic E-state index is 10.6. The summed E-state index contributed by atoms with van der Waals surface area (Å²) in [5.41, 5.74) is 0. The quantitative estimate of drug-likeness (QED) is 0.610. The van der Waals surface area contributed by atoms with Gasteiger partial charge in [-0.05, 0) is 12.3 Å². The van der Waals surface area contributed by atoms with Crippen LogP contribution in [-0.4, -0.2) is 18.9 Å². The van der Waals surface area contributed by atoms with Crippen LogP contribution < -0.4 is 0 Å². The highest BCUT2D eigenvalue weighted by atomic mass is 16.8. The monoisotopic (exact) mass is 172 g/mol. The molecule has 3 nitrogen and oxygen atoms in total. The Morgan fingerprint density at radius 1 is 1.67 bits per heavy atom. The second-order valence-corrected chi connectivity index (χ2v) is 3.34. The molecule has 0 aromatic heterocycles. The molecule has 0 aromatic carbocycles. The van der Waals surface area contributed by atoms with Crippen molar-refractivity contribution in [2.75, 3.05) is 6.61 Å². The zero-order valence-corrected chi connectivity index (χ0v) is 7.71. The first-order valence-corrected chi connectivity index (χ1v) is 4.57. The van der Waals surface area contributed by atoms with Crippen LogP contribution in [-0.2, 0) is 9.47 Å². The first kappa shape index (κ1) is 9.36. The van der Waals surface area contributed by atoms with Gasteiger partial charge in [0.15, 0.2) is 0 Å². The molecule has 1 fully saturated rings. The average molecular weight is 172 g/mol. The molecule has 70 valence electrons. The molecular weight excluding hydrogens is 156 g/mol. The number of cyclic esters (lactones) is 2. The molecule has 1 aliphatic rings. The predicted octanol–water partition coefficient (Wildman–Crippen LogP) is 2.35. The minimum atomic E-state index is -0.511. The van der Waals surface area contributed by atoms with Crippen LogP contribution in [0.3, 0.4) is 0 Å². The highest BCUT2D eigenvalue weighted by Crippen LogP contribution is 2.19. The Labute approximate surface area is 73.0 Å². The Balaban J connectivity index is 2.23. The summed E-state index contributed by atoms with van der Waals surface area (Å²) in [5, 5.41) is 0. The van der Waals surface area contributed by atoms with Gasteiger partial charge in [-0.15, -0.1) is 0 Å². The van der Waals surface area contributed by atoms with Crippen molar-refractivity contribution in [1.82, 2.24) is 0 Å². The average Bonchev–Trinajstić information content (AvgIpc) is 2.47. The van der Waals surface area contributed by atoms with Crippen molar-refractivity contribution in [2.24, 2.45) is 5.92 Å². The topological polar surface area (TPSA) is 35.5 Å². The van der Waals surface area contributed by atoms with Crippen molar-refractivity contribution < 1.29 is 14.3 Å². The summed E-state index contributed by atoms with van der Waals surface area (Å²) >= 11 is 0. The molecule has 1 rings (SSSR count). The standard InChI is InChI=1S/C9H16O3/c1-3-4-5-7(2)8-6-11-9(10)12-8/h7-8H,3-6H2,1-2H3. The predicted molar refractivity (Wildman–Crippen MR) is 44.9 cm³/mol. The first-order valence-electron chi connectivity index (χ1n) is 4.57. The Morgan fingerprint density at radius 3 is 2.92 bits per heavy atom. The van der Waals surface area contributed by atoms with Crippen molar-refractivity contribution >= 4 is 6.16 Å². The lowest BCUT2D eigenvalue weighted by Gasteiger charge is -2.14. The molecule has 0 amide bonds. The summed E-state index contributed by atoms with van der Waals surface area (Å²) in [5.74, 6) is 0.427. The zero-order valence-electron chi connectivity index (χ0n) is 7.71. The Bertz CT molecular complexity index is 156. The lowest BCUT2D eigenvalue weighted by atomic mass is 9.99. The van der Waals surface area contributed by atoms with Crippen LogP contribution in [0.5, 0.6) is 0 Å². The Kier molecular flexibility index (Phi) is 3.38. The van der Waals surface area contributed by atoms with Crippen LogP contribution >= 0.6 is 0 Å². The third kappa shape index (κ3) is 2.40. The summed E-state index contributed by atoms with van der Waals surface area (Å²) in [6, 6.07) is 0. The van der Waals surface area contributed by atoms with Gasteiger partial charge < -0.3 is 9.47 Å². The van der Waals surface area contributed by atoms with E-state index in [9.17, 15) is 4.79 Å². The van der Waals surface area contributed by atoms with Gasteiger partial charge in [0.2, 0.25) is 0 Å². The molecule has 0 spiro atoms. The van der Waals surface area contributed by atoms with Crippen molar-refractivity contribution in [1.29, 1.82) is 0 Å².